The highest BCUT2D eigenvalue weighted by Gasteiger charge is 2.21. The molecule has 2 aromatic carbocycles. The molecule has 0 fully saturated rings. The normalized spacial score (nSPS) is 10.6. The van der Waals surface area contributed by atoms with E-state index in [9.17, 15) is 9.59 Å². The van der Waals surface area contributed by atoms with E-state index in [0.717, 1.165) is 22.1 Å². The molecule has 0 spiro atoms. The Bertz CT molecular complexity index is 1030. The number of carbonyl (C=O) groups is 2. The highest BCUT2D eigenvalue weighted by Crippen LogP contribution is 2.40. The summed E-state index contributed by atoms with van der Waals surface area (Å²) in [6.07, 6.45) is 0.978. The van der Waals surface area contributed by atoms with Crippen LogP contribution in [0.5, 0.6) is 11.5 Å². The molecule has 0 aliphatic heterocycles. The van der Waals surface area contributed by atoms with Gasteiger partial charge >= 0.3 is 5.97 Å². The second-order valence-electron chi connectivity index (χ2n) is 6.38. The fourth-order valence-corrected chi connectivity index (χ4v) is 3.89. The van der Waals surface area contributed by atoms with Crippen LogP contribution in [0.4, 0.5) is 5.69 Å². The summed E-state index contributed by atoms with van der Waals surface area (Å²) >= 11 is 1.37. The quantitative estimate of drug-likeness (QED) is 0.544. The first-order valence-corrected chi connectivity index (χ1v) is 10.1. The lowest BCUT2D eigenvalue weighted by molar-refractivity contribution is -0.139. The summed E-state index contributed by atoms with van der Waals surface area (Å²) in [6.45, 7) is 2.53. The third-order valence-electron chi connectivity index (χ3n) is 4.27. The van der Waals surface area contributed by atoms with Crippen LogP contribution < -0.4 is 14.8 Å². The summed E-state index contributed by atoms with van der Waals surface area (Å²) < 4.78 is 16.9. The fourth-order valence-electron chi connectivity index (χ4n) is 2.86. The molecule has 0 saturated carbocycles. The summed E-state index contributed by atoms with van der Waals surface area (Å²) in [5, 5.41) is 3.76. The number of ether oxygens (including phenoxy) is 3. The molecule has 1 N–H and O–H groups in total. The van der Waals surface area contributed by atoms with Gasteiger partial charge in [0.25, 0.3) is 5.91 Å². The zero-order valence-corrected chi connectivity index (χ0v) is 17.4. The van der Waals surface area contributed by atoms with Gasteiger partial charge in [0.1, 0.15) is 10.6 Å². The summed E-state index contributed by atoms with van der Waals surface area (Å²) in [5.74, 6) is 0.682. The molecule has 0 radical (unpaired) electrons. The van der Waals surface area contributed by atoms with E-state index in [4.69, 9.17) is 14.2 Å². The topological polar surface area (TPSA) is 73.9 Å². The molecule has 0 aliphatic carbocycles. The average molecular weight is 413 g/mol. The van der Waals surface area contributed by atoms with Crippen molar-refractivity contribution >= 4 is 39.0 Å². The van der Waals surface area contributed by atoms with E-state index in [1.54, 1.807) is 25.3 Å². The number of thiophene rings is 1. The lowest BCUT2D eigenvalue weighted by atomic mass is 10.1. The Kier molecular flexibility index (Phi) is 6.72. The monoisotopic (exact) mass is 413 g/mol. The van der Waals surface area contributed by atoms with Crippen molar-refractivity contribution in [3.8, 4) is 11.5 Å². The molecule has 29 heavy (non-hydrogen) atoms. The van der Waals surface area contributed by atoms with E-state index in [-0.39, 0.29) is 18.3 Å². The minimum atomic E-state index is -0.331. The van der Waals surface area contributed by atoms with Gasteiger partial charge in [0.2, 0.25) is 0 Å². The van der Waals surface area contributed by atoms with Crippen LogP contribution in [0.25, 0.3) is 10.1 Å². The van der Waals surface area contributed by atoms with Gasteiger partial charge in [-0.05, 0) is 42.3 Å². The van der Waals surface area contributed by atoms with Crippen molar-refractivity contribution < 1.29 is 23.8 Å². The number of fused-ring (bicyclic) bond motifs is 1. The molecule has 0 saturated heterocycles. The van der Waals surface area contributed by atoms with Crippen LogP contribution in [0.3, 0.4) is 0 Å². The van der Waals surface area contributed by atoms with Crippen molar-refractivity contribution in [3.05, 3.63) is 52.9 Å². The van der Waals surface area contributed by atoms with Gasteiger partial charge in [-0.25, -0.2) is 0 Å². The minimum Gasteiger partial charge on any atom is -0.497 e. The van der Waals surface area contributed by atoms with Gasteiger partial charge in [0.15, 0.2) is 5.75 Å². The zero-order chi connectivity index (χ0) is 20.8. The standard InChI is InChI=1S/C22H23NO5S/c1-4-10-28-20-17-13-16(26-2)8-9-18(17)29-21(20)22(25)23-15-7-5-6-14(11-15)12-19(24)27-3/h5-9,11,13H,4,10,12H2,1-3H3,(H,23,25). The number of carbonyl (C=O) groups excluding carboxylic acids is 2. The number of methoxy groups -OCH3 is 2. The maximum Gasteiger partial charge on any atom is 0.309 e. The van der Waals surface area contributed by atoms with Crippen molar-refractivity contribution in [2.75, 3.05) is 26.1 Å². The lowest BCUT2D eigenvalue weighted by Crippen LogP contribution is -2.12. The Labute approximate surface area is 173 Å². The third-order valence-corrected chi connectivity index (χ3v) is 5.42. The summed E-state index contributed by atoms with van der Waals surface area (Å²) in [6, 6.07) is 12.8. The molecule has 1 amide bonds. The Morgan fingerprint density at radius 3 is 2.66 bits per heavy atom. The van der Waals surface area contributed by atoms with Gasteiger partial charge in [0.05, 0.1) is 27.2 Å². The van der Waals surface area contributed by atoms with Crippen LogP contribution in [0.1, 0.15) is 28.6 Å². The van der Waals surface area contributed by atoms with Gasteiger partial charge in [0, 0.05) is 15.8 Å². The number of amides is 1. The second kappa shape index (κ2) is 9.43. The van der Waals surface area contributed by atoms with E-state index in [0.29, 0.717) is 28.7 Å². The number of anilines is 1. The number of rotatable bonds is 8. The maximum absolute atomic E-state index is 13.0. The Balaban J connectivity index is 1.90. The van der Waals surface area contributed by atoms with Crippen LogP contribution in [0.2, 0.25) is 0 Å². The van der Waals surface area contributed by atoms with E-state index < -0.39 is 0 Å². The molecule has 7 heteroatoms. The fraction of sp³-hybridized carbons (Fsp3) is 0.273. The van der Waals surface area contributed by atoms with Gasteiger partial charge in [-0.1, -0.05) is 19.1 Å². The van der Waals surface area contributed by atoms with E-state index in [2.05, 4.69) is 5.32 Å². The van der Waals surface area contributed by atoms with Gasteiger partial charge < -0.3 is 19.5 Å². The smallest absolute Gasteiger partial charge is 0.309 e. The number of benzene rings is 2. The number of hydrogen-bond acceptors (Lipinski definition) is 6. The van der Waals surface area contributed by atoms with Crippen molar-refractivity contribution in [2.45, 2.75) is 19.8 Å². The molecular formula is C22H23NO5S. The minimum absolute atomic E-state index is 0.147. The maximum atomic E-state index is 13.0. The molecular weight excluding hydrogens is 390 g/mol. The molecule has 0 unspecified atom stereocenters. The largest absolute Gasteiger partial charge is 0.497 e. The predicted octanol–water partition coefficient (Wildman–Crippen LogP) is 4.67. The van der Waals surface area contributed by atoms with E-state index >= 15 is 0 Å². The Morgan fingerprint density at radius 2 is 1.93 bits per heavy atom. The molecule has 3 aromatic rings. The molecule has 1 aromatic heterocycles. The SMILES string of the molecule is CCCOc1c(C(=O)Nc2cccc(CC(=O)OC)c2)sc2ccc(OC)cc12. The average Bonchev–Trinajstić information content (AvgIpc) is 3.10. The second-order valence-corrected chi connectivity index (χ2v) is 7.43. The summed E-state index contributed by atoms with van der Waals surface area (Å²) in [5.41, 5.74) is 1.37. The van der Waals surface area contributed by atoms with E-state index in [1.165, 1.54) is 18.4 Å². The van der Waals surface area contributed by atoms with Crippen LogP contribution >= 0.6 is 11.3 Å². The first-order valence-electron chi connectivity index (χ1n) is 9.26. The van der Waals surface area contributed by atoms with Crippen molar-refractivity contribution in [1.82, 2.24) is 0 Å². The van der Waals surface area contributed by atoms with Gasteiger partial charge in [-0.2, -0.15) is 0 Å². The first-order chi connectivity index (χ1) is 14.0. The highest BCUT2D eigenvalue weighted by atomic mass is 32.1. The molecule has 0 atom stereocenters. The molecule has 0 aliphatic rings. The third kappa shape index (κ3) is 4.86. The first kappa shape index (κ1) is 20.7. The number of esters is 1. The van der Waals surface area contributed by atoms with Crippen LogP contribution in [0, 0.1) is 0 Å². The molecule has 3 rings (SSSR count). The predicted molar refractivity (Wildman–Crippen MR) is 114 cm³/mol. The number of nitrogens with one attached hydrogen (secondary N) is 1. The highest BCUT2D eigenvalue weighted by molar-refractivity contribution is 7.21. The molecule has 152 valence electrons. The van der Waals surface area contributed by atoms with Gasteiger partial charge in [-0.15, -0.1) is 11.3 Å². The van der Waals surface area contributed by atoms with Crippen LogP contribution in [-0.4, -0.2) is 32.7 Å². The Morgan fingerprint density at radius 1 is 1.10 bits per heavy atom. The molecule has 1 heterocycles. The van der Waals surface area contributed by atoms with E-state index in [1.807, 2.05) is 31.2 Å². The van der Waals surface area contributed by atoms with Crippen molar-refractivity contribution in [3.63, 3.8) is 0 Å². The Hall–Kier alpha value is -3.06. The lowest BCUT2D eigenvalue weighted by Gasteiger charge is -2.09. The van der Waals surface area contributed by atoms with Crippen molar-refractivity contribution in [2.24, 2.45) is 0 Å². The molecule has 0 bridgehead atoms. The van der Waals surface area contributed by atoms with Crippen LogP contribution in [-0.2, 0) is 16.0 Å². The van der Waals surface area contributed by atoms with Crippen LogP contribution in [0.15, 0.2) is 42.5 Å². The number of hydrogen-bond donors (Lipinski definition) is 1. The van der Waals surface area contributed by atoms with Crippen molar-refractivity contribution in [1.29, 1.82) is 0 Å². The molecule has 6 nitrogen and oxygen atoms in total. The summed E-state index contributed by atoms with van der Waals surface area (Å²) in [4.78, 5) is 25.0. The summed E-state index contributed by atoms with van der Waals surface area (Å²) in [7, 11) is 2.96. The van der Waals surface area contributed by atoms with Gasteiger partial charge in [-0.3, -0.25) is 9.59 Å². The zero-order valence-electron chi connectivity index (χ0n) is 16.6.